The molecule has 1 aliphatic heterocycles. The summed E-state index contributed by atoms with van der Waals surface area (Å²) in [5, 5.41) is 3.60. The number of piperidine rings is 1. The first-order valence-corrected chi connectivity index (χ1v) is 8.57. The van der Waals surface area contributed by atoms with Crippen LogP contribution in [0.5, 0.6) is 0 Å². The van der Waals surface area contributed by atoms with Crippen molar-refractivity contribution in [1.82, 2.24) is 10.2 Å². The number of likely N-dealkylation sites (tertiary alicyclic amines) is 1. The normalized spacial score (nSPS) is 28.7. The molecule has 2 atom stereocenters. The van der Waals surface area contributed by atoms with E-state index in [0.717, 1.165) is 31.1 Å². The van der Waals surface area contributed by atoms with Crippen LogP contribution in [0.15, 0.2) is 12.1 Å². The number of hydrogen-bond donors (Lipinski definition) is 1. The van der Waals surface area contributed by atoms with Gasteiger partial charge in [-0.05, 0) is 57.2 Å². The second-order valence-electron chi connectivity index (χ2n) is 6.47. The van der Waals surface area contributed by atoms with Gasteiger partial charge in [-0.2, -0.15) is 0 Å². The van der Waals surface area contributed by atoms with Gasteiger partial charge in [0.05, 0.1) is 0 Å². The molecular formula is C16H26N2S. The van der Waals surface area contributed by atoms with Crippen molar-refractivity contribution in [3.05, 3.63) is 21.9 Å². The van der Waals surface area contributed by atoms with E-state index in [1.54, 1.807) is 0 Å². The van der Waals surface area contributed by atoms with E-state index >= 15 is 0 Å². The lowest BCUT2D eigenvalue weighted by atomic mass is 9.93. The lowest BCUT2D eigenvalue weighted by Crippen LogP contribution is -2.39. The van der Waals surface area contributed by atoms with Crippen molar-refractivity contribution in [3.8, 4) is 0 Å². The largest absolute Gasteiger partial charge is 0.309 e. The molecule has 3 rings (SSSR count). The highest BCUT2D eigenvalue weighted by atomic mass is 32.1. The van der Waals surface area contributed by atoms with Crippen LogP contribution < -0.4 is 5.32 Å². The predicted octanol–water partition coefficient (Wildman–Crippen LogP) is 3.62. The van der Waals surface area contributed by atoms with Crippen molar-refractivity contribution < 1.29 is 0 Å². The smallest absolute Gasteiger partial charge is 0.0330 e. The van der Waals surface area contributed by atoms with E-state index < -0.39 is 0 Å². The molecule has 0 spiro atoms. The minimum absolute atomic E-state index is 0.749. The summed E-state index contributed by atoms with van der Waals surface area (Å²) >= 11 is 1.99. The van der Waals surface area contributed by atoms with Gasteiger partial charge < -0.3 is 5.32 Å². The second-order valence-corrected chi connectivity index (χ2v) is 7.73. The standard InChI is InChI=1S/C16H26N2S/c1-12-7-8-18(13(2)9-12)11-16-6-5-15(19-16)10-17-14-3-4-14/h5-6,12-14,17H,3-4,7-11H2,1-2H3. The molecule has 0 amide bonds. The van der Waals surface area contributed by atoms with Crippen LogP contribution in [0, 0.1) is 5.92 Å². The molecule has 1 saturated heterocycles. The zero-order valence-corrected chi connectivity index (χ0v) is 13.0. The Labute approximate surface area is 121 Å². The zero-order chi connectivity index (χ0) is 13.2. The van der Waals surface area contributed by atoms with Crippen LogP contribution in [0.4, 0.5) is 0 Å². The monoisotopic (exact) mass is 278 g/mol. The molecule has 19 heavy (non-hydrogen) atoms. The minimum Gasteiger partial charge on any atom is -0.309 e. The Hall–Kier alpha value is -0.380. The van der Waals surface area contributed by atoms with Gasteiger partial charge in [-0.15, -0.1) is 11.3 Å². The summed E-state index contributed by atoms with van der Waals surface area (Å²) < 4.78 is 0. The summed E-state index contributed by atoms with van der Waals surface area (Å²) in [6, 6.07) is 6.21. The molecule has 2 heterocycles. The number of nitrogens with zero attached hydrogens (tertiary/aromatic N) is 1. The Bertz CT molecular complexity index is 411. The molecular weight excluding hydrogens is 252 g/mol. The Morgan fingerprint density at radius 3 is 2.74 bits per heavy atom. The quantitative estimate of drug-likeness (QED) is 0.885. The van der Waals surface area contributed by atoms with Gasteiger partial charge in [-0.1, -0.05) is 6.92 Å². The fraction of sp³-hybridized carbons (Fsp3) is 0.750. The van der Waals surface area contributed by atoms with E-state index in [2.05, 4.69) is 36.2 Å². The number of hydrogen-bond acceptors (Lipinski definition) is 3. The summed E-state index contributed by atoms with van der Waals surface area (Å²) in [5.41, 5.74) is 0. The molecule has 1 aliphatic carbocycles. The van der Waals surface area contributed by atoms with E-state index in [1.165, 1.54) is 42.0 Å². The summed E-state index contributed by atoms with van der Waals surface area (Å²) in [6.07, 6.45) is 5.48. The number of thiophene rings is 1. The molecule has 1 N–H and O–H groups in total. The Morgan fingerprint density at radius 2 is 2.00 bits per heavy atom. The van der Waals surface area contributed by atoms with E-state index in [4.69, 9.17) is 0 Å². The third-order valence-electron chi connectivity index (χ3n) is 4.49. The molecule has 1 aromatic heterocycles. The van der Waals surface area contributed by atoms with E-state index in [-0.39, 0.29) is 0 Å². The molecule has 0 radical (unpaired) electrons. The first kappa shape index (κ1) is 13.6. The maximum absolute atomic E-state index is 3.60. The summed E-state index contributed by atoms with van der Waals surface area (Å²) in [7, 11) is 0. The summed E-state index contributed by atoms with van der Waals surface area (Å²) in [6.45, 7) is 8.28. The van der Waals surface area contributed by atoms with E-state index in [9.17, 15) is 0 Å². The van der Waals surface area contributed by atoms with Crippen LogP contribution >= 0.6 is 11.3 Å². The Balaban J connectivity index is 1.51. The molecule has 0 aromatic carbocycles. The van der Waals surface area contributed by atoms with Crippen molar-refractivity contribution in [2.24, 2.45) is 5.92 Å². The fourth-order valence-corrected chi connectivity index (χ4v) is 4.02. The van der Waals surface area contributed by atoms with Gasteiger partial charge in [-0.3, -0.25) is 4.90 Å². The van der Waals surface area contributed by atoms with Crippen molar-refractivity contribution in [1.29, 1.82) is 0 Å². The van der Waals surface area contributed by atoms with Gasteiger partial charge in [-0.25, -0.2) is 0 Å². The topological polar surface area (TPSA) is 15.3 Å². The van der Waals surface area contributed by atoms with Gasteiger partial charge in [0, 0.05) is 34.9 Å². The van der Waals surface area contributed by atoms with E-state index in [0.29, 0.717) is 0 Å². The van der Waals surface area contributed by atoms with Gasteiger partial charge in [0.1, 0.15) is 0 Å². The molecule has 0 bridgehead atoms. The first-order chi connectivity index (χ1) is 9.20. The van der Waals surface area contributed by atoms with Crippen molar-refractivity contribution >= 4 is 11.3 Å². The third kappa shape index (κ3) is 3.80. The predicted molar refractivity (Wildman–Crippen MR) is 82.5 cm³/mol. The zero-order valence-electron chi connectivity index (χ0n) is 12.2. The van der Waals surface area contributed by atoms with Crippen LogP contribution in [0.25, 0.3) is 0 Å². The van der Waals surface area contributed by atoms with Crippen LogP contribution in [0.2, 0.25) is 0 Å². The van der Waals surface area contributed by atoms with Gasteiger partial charge in [0.25, 0.3) is 0 Å². The molecule has 106 valence electrons. The maximum atomic E-state index is 3.60. The van der Waals surface area contributed by atoms with Crippen molar-refractivity contribution in [3.63, 3.8) is 0 Å². The number of rotatable bonds is 5. The number of nitrogens with one attached hydrogen (secondary N) is 1. The molecule has 1 saturated carbocycles. The minimum atomic E-state index is 0.749. The Morgan fingerprint density at radius 1 is 1.21 bits per heavy atom. The van der Waals surface area contributed by atoms with Gasteiger partial charge in [0.2, 0.25) is 0 Å². The van der Waals surface area contributed by atoms with E-state index in [1.807, 2.05) is 11.3 Å². The van der Waals surface area contributed by atoms with Gasteiger partial charge >= 0.3 is 0 Å². The third-order valence-corrected chi connectivity index (χ3v) is 5.56. The lowest BCUT2D eigenvalue weighted by Gasteiger charge is -2.36. The molecule has 2 nitrogen and oxygen atoms in total. The van der Waals surface area contributed by atoms with Crippen molar-refractivity contribution in [2.45, 2.75) is 64.7 Å². The summed E-state index contributed by atoms with van der Waals surface area (Å²) in [4.78, 5) is 5.69. The average molecular weight is 278 g/mol. The highest BCUT2D eigenvalue weighted by Gasteiger charge is 2.23. The lowest BCUT2D eigenvalue weighted by molar-refractivity contribution is 0.123. The highest BCUT2D eigenvalue weighted by Crippen LogP contribution is 2.26. The highest BCUT2D eigenvalue weighted by molar-refractivity contribution is 7.11. The summed E-state index contributed by atoms with van der Waals surface area (Å²) in [5.74, 6) is 0.910. The van der Waals surface area contributed by atoms with Crippen molar-refractivity contribution in [2.75, 3.05) is 6.54 Å². The fourth-order valence-electron chi connectivity index (χ4n) is 3.03. The molecule has 2 fully saturated rings. The molecule has 3 heteroatoms. The first-order valence-electron chi connectivity index (χ1n) is 7.75. The maximum Gasteiger partial charge on any atom is 0.0330 e. The molecule has 2 unspecified atom stereocenters. The average Bonchev–Trinajstić information content (AvgIpc) is 3.10. The molecule has 1 aromatic rings. The van der Waals surface area contributed by atoms with Crippen LogP contribution in [-0.4, -0.2) is 23.5 Å². The Kier molecular flexibility index (Phi) is 4.25. The van der Waals surface area contributed by atoms with Crippen LogP contribution in [0.1, 0.15) is 49.3 Å². The van der Waals surface area contributed by atoms with Crippen LogP contribution in [0.3, 0.4) is 0 Å². The SMILES string of the molecule is CC1CCN(Cc2ccc(CNC3CC3)s2)C(C)C1. The van der Waals surface area contributed by atoms with Gasteiger partial charge in [0.15, 0.2) is 0 Å². The second kappa shape index (κ2) is 5.94. The molecule has 2 aliphatic rings. The van der Waals surface area contributed by atoms with Crippen LogP contribution in [-0.2, 0) is 13.1 Å².